The van der Waals surface area contributed by atoms with Gasteiger partial charge in [0.05, 0.1) is 21.1 Å². The molecule has 5 rings (SSSR count). The van der Waals surface area contributed by atoms with Gasteiger partial charge < -0.3 is 15.2 Å². The minimum absolute atomic E-state index is 0.533. The second-order valence-corrected chi connectivity index (χ2v) is 7.98. The number of anilines is 3. The lowest BCUT2D eigenvalue weighted by Crippen LogP contribution is -2.30. The van der Waals surface area contributed by atoms with Crippen LogP contribution in [0.4, 0.5) is 17.5 Å². The molecule has 0 aliphatic carbocycles. The number of nitrogens with zero attached hydrogens (tertiary/aromatic N) is 5. The number of hydrogen-bond donors (Lipinski definition) is 2. The highest BCUT2D eigenvalue weighted by molar-refractivity contribution is 6.39. The summed E-state index contributed by atoms with van der Waals surface area (Å²) >= 11 is 12.7. The van der Waals surface area contributed by atoms with Crippen molar-refractivity contribution in [3.8, 4) is 11.4 Å². The van der Waals surface area contributed by atoms with Crippen LogP contribution in [0.5, 0.6) is 0 Å². The normalized spacial score (nSPS) is 14.3. The van der Waals surface area contributed by atoms with Gasteiger partial charge in [-0.1, -0.05) is 29.3 Å². The van der Waals surface area contributed by atoms with Gasteiger partial charge in [-0.2, -0.15) is 0 Å². The third-order valence-electron chi connectivity index (χ3n) is 5.18. The third kappa shape index (κ3) is 3.66. The summed E-state index contributed by atoms with van der Waals surface area (Å²) in [4.78, 5) is 23.5. The minimum atomic E-state index is 0.533. The molecule has 4 heterocycles. The lowest BCUT2D eigenvalue weighted by molar-refractivity contribution is 0.573. The van der Waals surface area contributed by atoms with Crippen molar-refractivity contribution in [2.45, 2.75) is 19.3 Å². The van der Waals surface area contributed by atoms with Gasteiger partial charge in [-0.25, -0.2) is 19.9 Å². The van der Waals surface area contributed by atoms with Crippen molar-refractivity contribution < 1.29 is 0 Å². The highest BCUT2D eigenvalue weighted by Gasteiger charge is 2.16. The van der Waals surface area contributed by atoms with Crippen molar-refractivity contribution in [2.24, 2.45) is 0 Å². The second-order valence-electron chi connectivity index (χ2n) is 7.17. The molecule has 0 amide bonds. The molecule has 1 aromatic carbocycles. The van der Waals surface area contributed by atoms with Crippen molar-refractivity contribution in [1.29, 1.82) is 0 Å². The van der Waals surface area contributed by atoms with Gasteiger partial charge in [0.2, 0.25) is 0 Å². The van der Waals surface area contributed by atoms with E-state index in [1.54, 1.807) is 30.7 Å². The van der Waals surface area contributed by atoms with E-state index in [0.717, 1.165) is 29.9 Å². The van der Waals surface area contributed by atoms with Gasteiger partial charge in [0.15, 0.2) is 5.82 Å². The average Bonchev–Trinajstić information content (AvgIpc) is 3.19. The van der Waals surface area contributed by atoms with Crippen molar-refractivity contribution in [2.75, 3.05) is 23.3 Å². The third-order valence-corrected chi connectivity index (χ3v) is 5.81. The summed E-state index contributed by atoms with van der Waals surface area (Å²) in [7, 11) is 0. The molecule has 1 aliphatic rings. The quantitative estimate of drug-likeness (QED) is 0.439. The average molecular weight is 440 g/mol. The number of imidazole rings is 1. The maximum absolute atomic E-state index is 6.36. The van der Waals surface area contributed by atoms with Gasteiger partial charge in [-0.3, -0.25) is 0 Å². The number of rotatable bonds is 4. The summed E-state index contributed by atoms with van der Waals surface area (Å²) in [6.45, 7) is 2.04. The van der Waals surface area contributed by atoms with Gasteiger partial charge in [0.1, 0.15) is 29.3 Å². The van der Waals surface area contributed by atoms with Crippen molar-refractivity contribution >= 4 is 51.7 Å². The molecular weight excluding hydrogens is 421 g/mol. The standard InChI is InChI=1S/C21H19Cl2N7/c22-13-5-4-6-14(23)18(13)20-27-15-7-8-24-21(19(15)29-20)28-16-11-17(26-12-25-16)30-9-2-1-3-10-30/h4-8,11-12H,1-3,9-10H2,(H,27,29)(H,24,25,26,28). The van der Waals surface area contributed by atoms with Crippen LogP contribution < -0.4 is 10.2 Å². The Morgan fingerprint density at radius 2 is 1.77 bits per heavy atom. The molecular formula is C21H19Cl2N7. The number of pyridine rings is 1. The van der Waals surface area contributed by atoms with Crippen LogP contribution in [0.3, 0.4) is 0 Å². The van der Waals surface area contributed by atoms with Crippen LogP contribution in [0.15, 0.2) is 42.9 Å². The molecule has 1 fully saturated rings. The molecule has 0 saturated carbocycles. The fraction of sp³-hybridized carbons (Fsp3) is 0.238. The van der Waals surface area contributed by atoms with Crippen molar-refractivity contribution in [3.05, 3.63) is 52.9 Å². The molecule has 0 unspecified atom stereocenters. The van der Waals surface area contributed by atoms with E-state index in [0.29, 0.717) is 33.1 Å². The van der Waals surface area contributed by atoms with Crippen LogP contribution in [-0.2, 0) is 0 Å². The van der Waals surface area contributed by atoms with Gasteiger partial charge in [0.25, 0.3) is 0 Å². The summed E-state index contributed by atoms with van der Waals surface area (Å²) < 4.78 is 0. The summed E-state index contributed by atoms with van der Waals surface area (Å²) in [5.74, 6) is 2.82. The van der Waals surface area contributed by atoms with E-state index in [1.165, 1.54) is 19.3 Å². The largest absolute Gasteiger partial charge is 0.356 e. The first-order chi connectivity index (χ1) is 14.7. The number of halogens is 2. The first kappa shape index (κ1) is 19.1. The lowest BCUT2D eigenvalue weighted by atomic mass is 10.1. The highest BCUT2D eigenvalue weighted by atomic mass is 35.5. The number of nitrogens with one attached hydrogen (secondary N) is 2. The Morgan fingerprint density at radius 3 is 2.57 bits per heavy atom. The first-order valence-electron chi connectivity index (χ1n) is 9.82. The molecule has 2 N–H and O–H groups in total. The summed E-state index contributed by atoms with van der Waals surface area (Å²) in [5.41, 5.74) is 2.17. The van der Waals surface area contributed by atoms with Crippen LogP contribution in [0, 0.1) is 0 Å². The molecule has 1 aliphatic heterocycles. The monoisotopic (exact) mass is 439 g/mol. The zero-order chi connectivity index (χ0) is 20.5. The molecule has 0 radical (unpaired) electrons. The highest BCUT2D eigenvalue weighted by Crippen LogP contribution is 2.35. The van der Waals surface area contributed by atoms with E-state index in [-0.39, 0.29) is 0 Å². The fourth-order valence-electron chi connectivity index (χ4n) is 3.70. The van der Waals surface area contributed by atoms with Crippen LogP contribution in [-0.4, -0.2) is 38.0 Å². The number of hydrogen-bond acceptors (Lipinski definition) is 6. The molecule has 1 saturated heterocycles. The Labute approximate surface area is 183 Å². The predicted octanol–water partition coefficient (Wildman–Crippen LogP) is 5.46. The first-order valence-corrected chi connectivity index (χ1v) is 10.6. The summed E-state index contributed by atoms with van der Waals surface area (Å²) in [6.07, 6.45) is 6.94. The molecule has 30 heavy (non-hydrogen) atoms. The Bertz CT molecular complexity index is 1180. The molecule has 0 atom stereocenters. The van der Waals surface area contributed by atoms with E-state index < -0.39 is 0 Å². The van der Waals surface area contributed by atoms with E-state index >= 15 is 0 Å². The molecule has 4 aromatic rings. The maximum atomic E-state index is 6.36. The fourth-order valence-corrected chi connectivity index (χ4v) is 4.28. The van der Waals surface area contributed by atoms with E-state index in [2.05, 4.69) is 35.1 Å². The lowest BCUT2D eigenvalue weighted by Gasteiger charge is -2.27. The Kier molecular flexibility index (Phi) is 5.14. The topological polar surface area (TPSA) is 82.6 Å². The number of benzene rings is 1. The van der Waals surface area contributed by atoms with Crippen LogP contribution in [0.2, 0.25) is 10.0 Å². The summed E-state index contributed by atoms with van der Waals surface area (Å²) in [6, 6.07) is 9.17. The van der Waals surface area contributed by atoms with Crippen molar-refractivity contribution in [3.63, 3.8) is 0 Å². The van der Waals surface area contributed by atoms with Crippen LogP contribution in [0.25, 0.3) is 22.4 Å². The summed E-state index contributed by atoms with van der Waals surface area (Å²) in [5, 5.41) is 4.36. The molecule has 0 bridgehead atoms. The predicted molar refractivity (Wildman–Crippen MR) is 121 cm³/mol. The molecule has 9 heteroatoms. The van der Waals surface area contributed by atoms with E-state index in [9.17, 15) is 0 Å². The molecule has 0 spiro atoms. The molecule has 3 aromatic heterocycles. The van der Waals surface area contributed by atoms with Crippen LogP contribution >= 0.6 is 23.2 Å². The Balaban J connectivity index is 1.49. The Morgan fingerprint density at radius 1 is 0.967 bits per heavy atom. The molecule has 7 nitrogen and oxygen atoms in total. The van der Waals surface area contributed by atoms with E-state index in [4.69, 9.17) is 23.2 Å². The van der Waals surface area contributed by atoms with Crippen molar-refractivity contribution in [1.82, 2.24) is 24.9 Å². The minimum Gasteiger partial charge on any atom is -0.356 e. The second kappa shape index (κ2) is 8.08. The van der Waals surface area contributed by atoms with Gasteiger partial charge in [-0.15, -0.1) is 0 Å². The SMILES string of the molecule is Clc1cccc(Cl)c1-c1nc2ccnc(Nc3cc(N4CCCCC4)ncn3)c2[nH]1. The van der Waals surface area contributed by atoms with Gasteiger partial charge in [0, 0.05) is 25.4 Å². The Hall–Kier alpha value is -2.90. The number of H-pyrrole nitrogens is 1. The maximum Gasteiger partial charge on any atom is 0.157 e. The number of aromatic nitrogens is 5. The zero-order valence-corrected chi connectivity index (χ0v) is 17.6. The van der Waals surface area contributed by atoms with Gasteiger partial charge in [-0.05, 0) is 37.5 Å². The number of aromatic amines is 1. The van der Waals surface area contributed by atoms with Gasteiger partial charge >= 0.3 is 0 Å². The molecule has 152 valence electrons. The number of fused-ring (bicyclic) bond motifs is 1. The number of piperidine rings is 1. The smallest absolute Gasteiger partial charge is 0.157 e. The van der Waals surface area contributed by atoms with Crippen LogP contribution in [0.1, 0.15) is 19.3 Å². The van der Waals surface area contributed by atoms with E-state index in [1.807, 2.05) is 12.1 Å². The zero-order valence-electron chi connectivity index (χ0n) is 16.1.